The van der Waals surface area contributed by atoms with Crippen molar-refractivity contribution in [2.45, 2.75) is 63.5 Å². The molecule has 2 atom stereocenters. The van der Waals surface area contributed by atoms with Crippen molar-refractivity contribution in [3.05, 3.63) is 34.2 Å². The number of carboxylic acids is 1. The smallest absolute Gasteiger partial charge is 0.329 e. The number of unbranched alkanes of at least 4 members (excludes halogenated alkanes) is 3. The Bertz CT molecular complexity index is 1230. The van der Waals surface area contributed by atoms with Crippen LogP contribution in [0.1, 0.15) is 56.6 Å². The number of carbonyl (C=O) groups is 4. The van der Waals surface area contributed by atoms with Gasteiger partial charge in [0.25, 0.3) is 0 Å². The Kier molecular flexibility index (Phi) is 7.88. The molecule has 4 rings (SSSR count). The summed E-state index contributed by atoms with van der Waals surface area (Å²) < 4.78 is 3.02. The molecule has 0 saturated carbocycles. The molecule has 2 aliphatic rings. The van der Waals surface area contributed by atoms with Gasteiger partial charge in [-0.2, -0.15) is 0 Å². The van der Waals surface area contributed by atoms with E-state index in [1.165, 1.54) is 4.57 Å². The molecular formula is C25H33N5O6. The van der Waals surface area contributed by atoms with Crippen LogP contribution in [0.25, 0.3) is 11.0 Å². The number of hydrogen-bond donors (Lipinski definition) is 3. The maximum Gasteiger partial charge on any atom is 0.329 e. The lowest BCUT2D eigenvalue weighted by atomic mass is 10.0. The number of aryl methyl sites for hydroxylation is 2. The molecule has 0 aliphatic carbocycles. The lowest BCUT2D eigenvalue weighted by molar-refractivity contribution is -0.143. The number of nitrogens with one attached hydrogen (secondary N) is 2. The largest absolute Gasteiger partial charge is 0.480 e. The van der Waals surface area contributed by atoms with Crippen molar-refractivity contribution in [2.24, 2.45) is 7.05 Å². The topological polar surface area (TPSA) is 143 Å². The number of rotatable bonds is 9. The SMILES string of the molecule is Cn1c(=O)n(C2CCC(=O)NC2=O)c2ccc(CCCCCCC(=O)N3CCNC(C(=O)O)C3)cc21. The first kappa shape index (κ1) is 25.6. The number of aliphatic carboxylic acids is 1. The molecule has 2 unspecified atom stereocenters. The molecule has 0 bridgehead atoms. The average Bonchev–Trinajstić information content (AvgIpc) is 3.10. The van der Waals surface area contributed by atoms with Crippen molar-refractivity contribution in [1.29, 1.82) is 0 Å². The summed E-state index contributed by atoms with van der Waals surface area (Å²) in [4.78, 5) is 61.8. The van der Waals surface area contributed by atoms with E-state index in [0.29, 0.717) is 31.4 Å². The van der Waals surface area contributed by atoms with E-state index in [4.69, 9.17) is 5.11 Å². The first-order chi connectivity index (χ1) is 17.3. The Labute approximate surface area is 208 Å². The van der Waals surface area contributed by atoms with Gasteiger partial charge in [-0.25, -0.2) is 4.79 Å². The Balaban J connectivity index is 1.27. The lowest BCUT2D eigenvalue weighted by Crippen LogP contribution is -2.55. The summed E-state index contributed by atoms with van der Waals surface area (Å²) in [6.45, 7) is 1.25. The minimum absolute atomic E-state index is 0.00893. The Morgan fingerprint density at radius 1 is 1.08 bits per heavy atom. The molecule has 11 nitrogen and oxygen atoms in total. The molecule has 1 aromatic carbocycles. The van der Waals surface area contributed by atoms with Gasteiger partial charge in [-0.1, -0.05) is 18.9 Å². The summed E-state index contributed by atoms with van der Waals surface area (Å²) in [7, 11) is 1.69. The predicted octanol–water partition coefficient (Wildman–Crippen LogP) is 0.696. The highest BCUT2D eigenvalue weighted by Crippen LogP contribution is 2.24. The molecule has 1 aromatic heterocycles. The number of imide groups is 1. The molecule has 0 radical (unpaired) electrons. The molecule has 2 aliphatic heterocycles. The van der Waals surface area contributed by atoms with Gasteiger partial charge in [-0.05, 0) is 43.4 Å². The van der Waals surface area contributed by atoms with Crippen molar-refractivity contribution in [3.8, 4) is 0 Å². The van der Waals surface area contributed by atoms with Crippen LogP contribution >= 0.6 is 0 Å². The zero-order valence-corrected chi connectivity index (χ0v) is 20.5. The number of aromatic nitrogens is 2. The minimum Gasteiger partial charge on any atom is -0.480 e. The monoisotopic (exact) mass is 499 g/mol. The van der Waals surface area contributed by atoms with Crippen LogP contribution in [0.4, 0.5) is 0 Å². The van der Waals surface area contributed by atoms with Crippen molar-refractivity contribution in [3.63, 3.8) is 0 Å². The molecule has 0 spiro atoms. The first-order valence-electron chi connectivity index (χ1n) is 12.5. The van der Waals surface area contributed by atoms with Crippen LogP contribution in [0.5, 0.6) is 0 Å². The van der Waals surface area contributed by atoms with Gasteiger partial charge in [0.2, 0.25) is 17.7 Å². The fourth-order valence-electron chi connectivity index (χ4n) is 5.05. The van der Waals surface area contributed by atoms with E-state index in [1.807, 2.05) is 18.2 Å². The van der Waals surface area contributed by atoms with Crippen molar-refractivity contribution in [1.82, 2.24) is 24.7 Å². The number of piperidine rings is 1. The Morgan fingerprint density at radius 2 is 1.86 bits per heavy atom. The molecule has 36 heavy (non-hydrogen) atoms. The fourth-order valence-corrected chi connectivity index (χ4v) is 5.05. The second-order valence-electron chi connectivity index (χ2n) is 9.60. The van der Waals surface area contributed by atoms with Crippen LogP contribution < -0.4 is 16.3 Å². The maximum absolute atomic E-state index is 12.9. The summed E-state index contributed by atoms with van der Waals surface area (Å²) in [5.41, 5.74) is 2.25. The lowest BCUT2D eigenvalue weighted by Gasteiger charge is -2.31. The van der Waals surface area contributed by atoms with E-state index in [0.717, 1.165) is 43.2 Å². The van der Waals surface area contributed by atoms with Gasteiger partial charge in [0, 0.05) is 39.5 Å². The van der Waals surface area contributed by atoms with Crippen molar-refractivity contribution >= 4 is 34.7 Å². The number of imidazole rings is 1. The number of amides is 3. The van der Waals surface area contributed by atoms with Gasteiger partial charge in [-0.3, -0.25) is 33.6 Å². The summed E-state index contributed by atoms with van der Waals surface area (Å²) in [6.07, 6.45) is 5.35. The molecule has 2 aromatic rings. The summed E-state index contributed by atoms with van der Waals surface area (Å²) in [5.74, 6) is -1.68. The van der Waals surface area contributed by atoms with Gasteiger partial charge >= 0.3 is 11.7 Å². The average molecular weight is 500 g/mol. The number of piperazine rings is 1. The summed E-state index contributed by atoms with van der Waals surface area (Å²) in [5, 5.41) is 14.3. The predicted molar refractivity (Wildman–Crippen MR) is 131 cm³/mol. The van der Waals surface area contributed by atoms with Crippen LogP contribution in [0.15, 0.2) is 23.0 Å². The van der Waals surface area contributed by atoms with Crippen LogP contribution in [-0.4, -0.2) is 68.5 Å². The third kappa shape index (κ3) is 5.51. The molecule has 3 heterocycles. The molecular weight excluding hydrogens is 466 g/mol. The fraction of sp³-hybridized carbons (Fsp3) is 0.560. The van der Waals surface area contributed by atoms with E-state index in [-0.39, 0.29) is 30.5 Å². The van der Waals surface area contributed by atoms with E-state index >= 15 is 0 Å². The van der Waals surface area contributed by atoms with Crippen LogP contribution in [0, 0.1) is 0 Å². The van der Waals surface area contributed by atoms with E-state index in [2.05, 4.69) is 10.6 Å². The van der Waals surface area contributed by atoms with Crippen LogP contribution in [0.3, 0.4) is 0 Å². The molecule has 2 fully saturated rings. The maximum atomic E-state index is 12.9. The molecule has 194 valence electrons. The molecule has 2 saturated heterocycles. The van der Waals surface area contributed by atoms with Crippen LogP contribution in [0.2, 0.25) is 0 Å². The molecule has 3 amide bonds. The normalized spacial score (nSPS) is 20.5. The standard InChI is InChI=1S/C25H33N5O6/c1-28-20-14-16(8-9-18(20)30(25(28)36)19-10-11-21(31)27-23(19)33)6-4-2-3-5-7-22(32)29-13-12-26-17(15-29)24(34)35/h8-9,14,17,19,26H,2-7,10-13,15H2,1H3,(H,34,35)(H,27,31,33). The van der Waals surface area contributed by atoms with Gasteiger partial charge < -0.3 is 15.3 Å². The highest BCUT2D eigenvalue weighted by molar-refractivity contribution is 6.00. The summed E-state index contributed by atoms with van der Waals surface area (Å²) in [6, 6.07) is 4.43. The van der Waals surface area contributed by atoms with Crippen LogP contribution in [-0.2, 0) is 32.6 Å². The number of hydrogen-bond acceptors (Lipinski definition) is 6. The third-order valence-electron chi connectivity index (χ3n) is 7.11. The highest BCUT2D eigenvalue weighted by atomic mass is 16.4. The molecule has 3 N–H and O–H groups in total. The number of benzene rings is 1. The van der Waals surface area contributed by atoms with Crippen molar-refractivity contribution < 1.29 is 24.3 Å². The van der Waals surface area contributed by atoms with Gasteiger partial charge in [-0.15, -0.1) is 0 Å². The molecule has 11 heteroatoms. The minimum atomic E-state index is -0.932. The van der Waals surface area contributed by atoms with E-state index in [1.54, 1.807) is 16.5 Å². The van der Waals surface area contributed by atoms with Gasteiger partial charge in [0.05, 0.1) is 11.0 Å². The Hall–Kier alpha value is -3.47. The van der Waals surface area contributed by atoms with E-state index < -0.39 is 24.0 Å². The van der Waals surface area contributed by atoms with E-state index in [9.17, 15) is 24.0 Å². The quantitative estimate of drug-likeness (QED) is 0.340. The zero-order valence-electron chi connectivity index (χ0n) is 20.5. The first-order valence-corrected chi connectivity index (χ1v) is 12.5. The van der Waals surface area contributed by atoms with Crippen molar-refractivity contribution in [2.75, 3.05) is 19.6 Å². The zero-order chi connectivity index (χ0) is 25.8. The second-order valence-corrected chi connectivity index (χ2v) is 9.60. The third-order valence-corrected chi connectivity index (χ3v) is 7.11. The van der Waals surface area contributed by atoms with Gasteiger partial charge in [0.1, 0.15) is 12.1 Å². The Morgan fingerprint density at radius 3 is 2.61 bits per heavy atom. The second kappa shape index (κ2) is 11.1. The summed E-state index contributed by atoms with van der Waals surface area (Å²) >= 11 is 0. The highest BCUT2D eigenvalue weighted by Gasteiger charge is 2.31. The van der Waals surface area contributed by atoms with Gasteiger partial charge in [0.15, 0.2) is 0 Å². The number of carbonyl (C=O) groups excluding carboxylic acids is 3. The number of nitrogens with zero attached hydrogens (tertiary/aromatic N) is 3. The number of fused-ring (bicyclic) bond motifs is 1. The number of carboxylic acid groups (broad SMARTS) is 1.